The topological polar surface area (TPSA) is 157 Å². The highest BCUT2D eigenvalue weighted by Gasteiger charge is 2.22. The molecule has 18 heavy (non-hydrogen) atoms. The van der Waals surface area contributed by atoms with Crippen LogP contribution in [0, 0.1) is 0 Å². The van der Waals surface area contributed by atoms with Gasteiger partial charge >= 0.3 is 11.9 Å². The van der Waals surface area contributed by atoms with Gasteiger partial charge in [0.1, 0.15) is 22.7 Å². The minimum atomic E-state index is -0.632. The molecule has 0 saturated heterocycles. The van der Waals surface area contributed by atoms with Gasteiger partial charge in [-0.15, -0.1) is 0 Å². The van der Waals surface area contributed by atoms with E-state index in [0.29, 0.717) is 0 Å². The van der Waals surface area contributed by atoms with Gasteiger partial charge in [-0.2, -0.15) is 0 Å². The van der Waals surface area contributed by atoms with E-state index < -0.39 is 11.9 Å². The first-order valence-corrected chi connectivity index (χ1v) is 4.88. The molecule has 0 atom stereocenters. The van der Waals surface area contributed by atoms with Gasteiger partial charge in [-0.1, -0.05) is 0 Å². The number of rotatable bonds is 2. The Labute approximate surface area is 103 Å². The lowest BCUT2D eigenvalue weighted by molar-refractivity contribution is -0.132. The van der Waals surface area contributed by atoms with Gasteiger partial charge < -0.3 is 32.4 Å². The molecule has 0 aliphatic carbocycles. The average Bonchev–Trinajstić information content (AvgIpc) is 2.27. The molecule has 8 N–H and O–H groups in total. The molecular weight excluding hydrogens is 240 g/mol. The smallest absolute Gasteiger partial charge is 0.308 e. The first kappa shape index (κ1) is 13.4. The summed E-state index contributed by atoms with van der Waals surface area (Å²) in [4.78, 5) is 21.8. The zero-order valence-electron chi connectivity index (χ0n) is 9.94. The van der Waals surface area contributed by atoms with Crippen molar-refractivity contribution < 1.29 is 19.1 Å². The summed E-state index contributed by atoms with van der Waals surface area (Å²) in [5.74, 6) is -1.55. The number of hydrogen-bond donors (Lipinski definition) is 4. The van der Waals surface area contributed by atoms with E-state index in [1.54, 1.807) is 0 Å². The number of carbonyl (C=O) groups is 2. The normalized spacial score (nSPS) is 9.89. The maximum Gasteiger partial charge on any atom is 0.308 e. The fourth-order valence-electron chi connectivity index (χ4n) is 1.29. The molecule has 0 radical (unpaired) electrons. The Kier molecular flexibility index (Phi) is 3.50. The highest BCUT2D eigenvalue weighted by Crippen LogP contribution is 2.46. The molecule has 0 spiro atoms. The summed E-state index contributed by atoms with van der Waals surface area (Å²) in [6.07, 6.45) is 0. The Hall–Kier alpha value is -2.64. The van der Waals surface area contributed by atoms with Crippen molar-refractivity contribution in [2.45, 2.75) is 13.8 Å². The van der Waals surface area contributed by atoms with E-state index >= 15 is 0 Å². The largest absolute Gasteiger partial charge is 0.422 e. The van der Waals surface area contributed by atoms with Crippen LogP contribution in [0.1, 0.15) is 13.8 Å². The van der Waals surface area contributed by atoms with E-state index in [1.807, 2.05) is 0 Å². The molecule has 0 aromatic heterocycles. The first-order chi connectivity index (χ1) is 8.25. The molecule has 8 heteroatoms. The summed E-state index contributed by atoms with van der Waals surface area (Å²) in [6.45, 7) is 2.34. The summed E-state index contributed by atoms with van der Waals surface area (Å²) < 4.78 is 9.62. The van der Waals surface area contributed by atoms with Crippen LogP contribution in [-0.4, -0.2) is 11.9 Å². The third kappa shape index (κ3) is 2.37. The van der Waals surface area contributed by atoms with Gasteiger partial charge in [-0.25, -0.2) is 0 Å². The van der Waals surface area contributed by atoms with Gasteiger partial charge in [0.05, 0.1) is 0 Å². The zero-order chi connectivity index (χ0) is 14.0. The summed E-state index contributed by atoms with van der Waals surface area (Å²) in [7, 11) is 0. The third-order valence-corrected chi connectivity index (χ3v) is 2.05. The van der Waals surface area contributed by atoms with Gasteiger partial charge in [0, 0.05) is 13.8 Å². The van der Waals surface area contributed by atoms with Gasteiger partial charge in [-0.3, -0.25) is 9.59 Å². The molecule has 0 aliphatic heterocycles. The second kappa shape index (κ2) is 4.70. The van der Waals surface area contributed by atoms with Crippen LogP contribution < -0.4 is 32.4 Å². The summed E-state index contributed by atoms with van der Waals surface area (Å²) in [5.41, 5.74) is 22.1. The molecule has 1 aromatic carbocycles. The van der Waals surface area contributed by atoms with E-state index in [1.165, 1.54) is 13.8 Å². The van der Waals surface area contributed by atoms with E-state index in [2.05, 4.69) is 0 Å². The van der Waals surface area contributed by atoms with Crippen LogP contribution in [0.3, 0.4) is 0 Å². The molecule has 1 rings (SSSR count). The van der Waals surface area contributed by atoms with Gasteiger partial charge in [0.15, 0.2) is 11.5 Å². The van der Waals surface area contributed by atoms with Crippen LogP contribution in [0.4, 0.5) is 22.7 Å². The second-order valence-corrected chi connectivity index (χ2v) is 3.50. The maximum absolute atomic E-state index is 10.9. The van der Waals surface area contributed by atoms with Crippen molar-refractivity contribution in [3.63, 3.8) is 0 Å². The minimum Gasteiger partial charge on any atom is -0.422 e. The molecule has 8 nitrogen and oxygen atoms in total. The number of nitrogens with two attached hydrogens (primary N) is 4. The molecule has 0 heterocycles. The Bertz CT molecular complexity index is 451. The molecule has 98 valence electrons. The van der Waals surface area contributed by atoms with Crippen molar-refractivity contribution in [1.29, 1.82) is 0 Å². The molecule has 0 amide bonds. The molecule has 0 unspecified atom stereocenters. The predicted octanol–water partition coefficient (Wildman–Crippen LogP) is -0.134. The predicted molar refractivity (Wildman–Crippen MR) is 66.7 cm³/mol. The number of nitrogen functional groups attached to an aromatic ring is 4. The number of carbonyl (C=O) groups excluding carboxylic acids is 2. The highest BCUT2D eigenvalue weighted by molar-refractivity contribution is 5.96. The SMILES string of the molecule is CC(=O)Oc1c(N)c(N)c(OC(C)=O)c(N)c1N. The number of hydrogen-bond acceptors (Lipinski definition) is 8. The number of esters is 2. The van der Waals surface area contributed by atoms with Gasteiger partial charge in [0.2, 0.25) is 0 Å². The van der Waals surface area contributed by atoms with E-state index in [9.17, 15) is 9.59 Å². The second-order valence-electron chi connectivity index (χ2n) is 3.50. The molecular formula is C10H14N4O4. The van der Waals surface area contributed by atoms with Crippen molar-refractivity contribution in [1.82, 2.24) is 0 Å². The highest BCUT2D eigenvalue weighted by atomic mass is 16.5. The quantitative estimate of drug-likeness (QED) is 0.323. The van der Waals surface area contributed by atoms with E-state index in [4.69, 9.17) is 32.4 Å². The average molecular weight is 254 g/mol. The maximum atomic E-state index is 10.9. The number of benzene rings is 1. The lowest BCUT2D eigenvalue weighted by Gasteiger charge is -2.17. The van der Waals surface area contributed by atoms with Gasteiger partial charge in [0.25, 0.3) is 0 Å². The van der Waals surface area contributed by atoms with Crippen LogP contribution in [0.15, 0.2) is 0 Å². The van der Waals surface area contributed by atoms with Crippen LogP contribution in [0.2, 0.25) is 0 Å². The lowest BCUT2D eigenvalue weighted by atomic mass is 10.1. The standard InChI is InChI=1S/C10H14N4O4/c1-3(15)17-9-5(11)7(13)10(18-4(2)16)8(14)6(9)12/h11-14H2,1-2H3. The van der Waals surface area contributed by atoms with Crippen LogP contribution >= 0.6 is 0 Å². The van der Waals surface area contributed by atoms with Crippen molar-refractivity contribution in [2.75, 3.05) is 22.9 Å². The van der Waals surface area contributed by atoms with Crippen LogP contribution in [0.5, 0.6) is 11.5 Å². The van der Waals surface area contributed by atoms with Crippen molar-refractivity contribution in [3.05, 3.63) is 0 Å². The van der Waals surface area contributed by atoms with Crippen molar-refractivity contribution in [2.24, 2.45) is 0 Å². The molecule has 1 aromatic rings. The Balaban J connectivity index is 3.44. The molecule has 0 fully saturated rings. The third-order valence-electron chi connectivity index (χ3n) is 2.05. The van der Waals surface area contributed by atoms with Crippen molar-refractivity contribution >= 4 is 34.7 Å². The summed E-state index contributed by atoms with van der Waals surface area (Å²) in [6, 6.07) is 0. The fraction of sp³-hybridized carbons (Fsp3) is 0.200. The first-order valence-electron chi connectivity index (χ1n) is 4.88. The number of anilines is 4. The fourth-order valence-corrected chi connectivity index (χ4v) is 1.29. The Morgan fingerprint density at radius 2 is 0.944 bits per heavy atom. The van der Waals surface area contributed by atoms with E-state index in [0.717, 1.165) is 0 Å². The monoisotopic (exact) mass is 254 g/mol. The van der Waals surface area contributed by atoms with Crippen LogP contribution in [-0.2, 0) is 9.59 Å². The molecule has 0 aliphatic rings. The Morgan fingerprint density at radius 1 is 0.722 bits per heavy atom. The number of ether oxygens (including phenoxy) is 2. The zero-order valence-corrected chi connectivity index (χ0v) is 9.94. The molecule has 0 saturated carbocycles. The Morgan fingerprint density at radius 3 is 1.11 bits per heavy atom. The lowest BCUT2D eigenvalue weighted by Crippen LogP contribution is -2.13. The van der Waals surface area contributed by atoms with Crippen LogP contribution in [0.25, 0.3) is 0 Å². The van der Waals surface area contributed by atoms with E-state index in [-0.39, 0.29) is 34.2 Å². The molecule has 0 bridgehead atoms. The minimum absolute atomic E-state index is 0.117. The van der Waals surface area contributed by atoms with Crippen molar-refractivity contribution in [3.8, 4) is 11.5 Å². The summed E-state index contributed by atoms with van der Waals surface area (Å²) in [5, 5.41) is 0. The summed E-state index contributed by atoms with van der Waals surface area (Å²) >= 11 is 0. The van der Waals surface area contributed by atoms with Gasteiger partial charge in [-0.05, 0) is 0 Å².